The van der Waals surface area contributed by atoms with Gasteiger partial charge in [-0.3, -0.25) is 9.78 Å². The number of rotatable bonds is 5. The maximum absolute atomic E-state index is 12.0. The van der Waals surface area contributed by atoms with Crippen molar-refractivity contribution in [3.8, 4) is 0 Å². The normalized spacial score (nSPS) is 10.5. The minimum Gasteiger partial charge on any atom is -0.382 e. The van der Waals surface area contributed by atoms with Crippen LogP contribution in [0, 0.1) is 0 Å². The zero-order valence-electron chi connectivity index (χ0n) is 11.7. The number of aromatic nitrogens is 4. The molecule has 20 heavy (non-hydrogen) atoms. The molecule has 0 saturated heterocycles. The molecule has 0 aromatic carbocycles. The Morgan fingerprint density at radius 1 is 1.20 bits per heavy atom. The second kappa shape index (κ2) is 6.14. The lowest BCUT2D eigenvalue weighted by atomic mass is 10.3. The second-order valence-electron chi connectivity index (χ2n) is 4.31. The third-order valence-electron chi connectivity index (χ3n) is 3.02. The maximum atomic E-state index is 12.0. The van der Waals surface area contributed by atoms with Crippen molar-refractivity contribution >= 4 is 11.5 Å². The van der Waals surface area contributed by atoms with Crippen LogP contribution < -0.4 is 16.2 Å². The van der Waals surface area contributed by atoms with E-state index < -0.39 is 0 Å². The van der Waals surface area contributed by atoms with Crippen LogP contribution in [-0.2, 0) is 6.54 Å². The number of hydrogen-bond acceptors (Lipinski definition) is 6. The Labute approximate surface area is 117 Å². The van der Waals surface area contributed by atoms with Crippen LogP contribution in [0.2, 0.25) is 0 Å². The number of nitrogens with two attached hydrogens (primary N) is 1. The first-order valence-corrected chi connectivity index (χ1v) is 6.52. The van der Waals surface area contributed by atoms with Crippen molar-refractivity contribution in [3.63, 3.8) is 0 Å². The summed E-state index contributed by atoms with van der Waals surface area (Å²) >= 11 is 0. The molecule has 0 unspecified atom stereocenters. The third kappa shape index (κ3) is 3.11. The van der Waals surface area contributed by atoms with Gasteiger partial charge in [-0.1, -0.05) is 0 Å². The van der Waals surface area contributed by atoms with E-state index in [9.17, 15) is 4.79 Å². The standard InChI is InChI=1S/C13H18N6O/c1-3-18(4-2)11-5-13(20)19(17-7-11)9-10-6-16-12(14)8-15-10/h5-8H,3-4,9H2,1-2H3,(H2,14,16). The molecule has 0 atom stereocenters. The average molecular weight is 274 g/mol. The lowest BCUT2D eigenvalue weighted by molar-refractivity contribution is 0.624. The van der Waals surface area contributed by atoms with Crippen molar-refractivity contribution < 1.29 is 0 Å². The number of anilines is 2. The fourth-order valence-electron chi connectivity index (χ4n) is 1.90. The molecule has 0 aliphatic rings. The highest BCUT2D eigenvalue weighted by Crippen LogP contribution is 2.08. The van der Waals surface area contributed by atoms with Crippen LogP contribution >= 0.6 is 0 Å². The molecule has 0 aliphatic carbocycles. The van der Waals surface area contributed by atoms with Gasteiger partial charge in [-0.25, -0.2) is 9.67 Å². The third-order valence-corrected chi connectivity index (χ3v) is 3.02. The van der Waals surface area contributed by atoms with Gasteiger partial charge in [0.15, 0.2) is 0 Å². The van der Waals surface area contributed by atoms with E-state index in [1.54, 1.807) is 18.5 Å². The van der Waals surface area contributed by atoms with Crippen molar-refractivity contribution in [2.45, 2.75) is 20.4 Å². The molecule has 2 heterocycles. The van der Waals surface area contributed by atoms with E-state index in [4.69, 9.17) is 5.73 Å². The predicted molar refractivity (Wildman–Crippen MR) is 77.6 cm³/mol. The molecule has 0 spiro atoms. The summed E-state index contributed by atoms with van der Waals surface area (Å²) in [6, 6.07) is 1.59. The quantitative estimate of drug-likeness (QED) is 0.854. The largest absolute Gasteiger partial charge is 0.382 e. The maximum Gasteiger partial charge on any atom is 0.269 e. The van der Waals surface area contributed by atoms with Crippen LogP contribution in [0.25, 0.3) is 0 Å². The molecule has 2 aromatic rings. The summed E-state index contributed by atoms with van der Waals surface area (Å²) < 4.78 is 1.35. The molecule has 0 bridgehead atoms. The van der Waals surface area contributed by atoms with Gasteiger partial charge in [0.05, 0.1) is 36.5 Å². The second-order valence-corrected chi connectivity index (χ2v) is 4.31. The molecular formula is C13H18N6O. The van der Waals surface area contributed by atoms with Crippen LogP contribution in [0.1, 0.15) is 19.5 Å². The summed E-state index contributed by atoms with van der Waals surface area (Å²) in [4.78, 5) is 22.2. The molecule has 7 nitrogen and oxygen atoms in total. The Morgan fingerprint density at radius 2 is 1.95 bits per heavy atom. The Bertz CT molecular complexity index is 618. The molecule has 2 aromatic heterocycles. The summed E-state index contributed by atoms with van der Waals surface area (Å²) in [6.07, 6.45) is 4.70. The van der Waals surface area contributed by atoms with Gasteiger partial charge in [0.2, 0.25) is 0 Å². The van der Waals surface area contributed by atoms with Crippen molar-refractivity contribution in [1.82, 2.24) is 19.7 Å². The van der Waals surface area contributed by atoms with Crippen molar-refractivity contribution in [3.05, 3.63) is 40.7 Å². The van der Waals surface area contributed by atoms with Crippen molar-refractivity contribution in [2.75, 3.05) is 23.7 Å². The Hall–Kier alpha value is -2.44. The van der Waals surface area contributed by atoms with E-state index in [1.807, 2.05) is 13.8 Å². The first kappa shape index (κ1) is 14.0. The van der Waals surface area contributed by atoms with Crippen LogP contribution in [0.4, 0.5) is 11.5 Å². The predicted octanol–water partition coefficient (Wildman–Crippen LogP) is 0.510. The summed E-state index contributed by atoms with van der Waals surface area (Å²) in [5, 5.41) is 4.18. The van der Waals surface area contributed by atoms with Gasteiger partial charge in [0.25, 0.3) is 5.56 Å². The Balaban J connectivity index is 2.22. The van der Waals surface area contributed by atoms with E-state index >= 15 is 0 Å². The fraction of sp³-hybridized carbons (Fsp3) is 0.385. The lowest BCUT2D eigenvalue weighted by Crippen LogP contribution is -2.28. The lowest BCUT2D eigenvalue weighted by Gasteiger charge is -2.20. The molecule has 106 valence electrons. The van der Waals surface area contributed by atoms with Gasteiger partial charge in [0.1, 0.15) is 5.82 Å². The molecule has 0 saturated carbocycles. The average Bonchev–Trinajstić information content (AvgIpc) is 2.45. The van der Waals surface area contributed by atoms with Gasteiger partial charge < -0.3 is 10.6 Å². The monoisotopic (exact) mass is 274 g/mol. The first-order chi connectivity index (χ1) is 9.63. The van der Waals surface area contributed by atoms with E-state index in [0.717, 1.165) is 18.8 Å². The summed E-state index contributed by atoms with van der Waals surface area (Å²) in [5.74, 6) is 0.353. The molecule has 7 heteroatoms. The zero-order valence-corrected chi connectivity index (χ0v) is 11.7. The van der Waals surface area contributed by atoms with E-state index in [0.29, 0.717) is 11.5 Å². The zero-order chi connectivity index (χ0) is 14.5. The molecule has 0 radical (unpaired) electrons. The van der Waals surface area contributed by atoms with Crippen LogP contribution in [0.15, 0.2) is 29.5 Å². The molecule has 2 rings (SSSR count). The van der Waals surface area contributed by atoms with Gasteiger partial charge in [-0.2, -0.15) is 5.10 Å². The molecular weight excluding hydrogens is 256 g/mol. The number of nitrogen functional groups attached to an aromatic ring is 1. The molecule has 2 N–H and O–H groups in total. The minimum absolute atomic E-state index is 0.159. The topological polar surface area (TPSA) is 89.9 Å². The molecule has 0 aliphatic heterocycles. The summed E-state index contributed by atoms with van der Waals surface area (Å²) in [6.45, 7) is 6.04. The van der Waals surface area contributed by atoms with Crippen molar-refractivity contribution in [1.29, 1.82) is 0 Å². The minimum atomic E-state index is -0.159. The Morgan fingerprint density at radius 3 is 2.50 bits per heavy atom. The number of hydrogen-bond donors (Lipinski definition) is 1. The highest BCUT2D eigenvalue weighted by molar-refractivity contribution is 5.42. The highest BCUT2D eigenvalue weighted by Gasteiger charge is 2.06. The summed E-state index contributed by atoms with van der Waals surface area (Å²) in [5.41, 5.74) is 6.79. The smallest absolute Gasteiger partial charge is 0.269 e. The van der Waals surface area contributed by atoms with Crippen LogP contribution in [0.5, 0.6) is 0 Å². The van der Waals surface area contributed by atoms with Gasteiger partial charge in [-0.15, -0.1) is 0 Å². The highest BCUT2D eigenvalue weighted by atomic mass is 16.1. The van der Waals surface area contributed by atoms with E-state index in [2.05, 4.69) is 20.0 Å². The fourth-order valence-corrected chi connectivity index (χ4v) is 1.90. The van der Waals surface area contributed by atoms with Crippen molar-refractivity contribution in [2.24, 2.45) is 0 Å². The van der Waals surface area contributed by atoms with Gasteiger partial charge in [0, 0.05) is 19.2 Å². The van der Waals surface area contributed by atoms with E-state index in [1.165, 1.54) is 10.9 Å². The number of nitrogens with zero attached hydrogens (tertiary/aromatic N) is 5. The molecule has 0 amide bonds. The van der Waals surface area contributed by atoms with Crippen LogP contribution in [0.3, 0.4) is 0 Å². The molecule has 0 fully saturated rings. The van der Waals surface area contributed by atoms with Gasteiger partial charge >= 0.3 is 0 Å². The Kier molecular flexibility index (Phi) is 4.29. The first-order valence-electron chi connectivity index (χ1n) is 6.52. The van der Waals surface area contributed by atoms with Crippen LogP contribution in [-0.4, -0.2) is 32.8 Å². The van der Waals surface area contributed by atoms with E-state index in [-0.39, 0.29) is 12.1 Å². The SMILES string of the molecule is CCN(CC)c1cnn(Cc2cnc(N)cn2)c(=O)c1. The summed E-state index contributed by atoms with van der Waals surface area (Å²) in [7, 11) is 0. The van der Waals surface area contributed by atoms with Gasteiger partial charge in [-0.05, 0) is 13.8 Å².